The molecule has 1 aromatic carbocycles. The minimum Gasteiger partial charge on any atom is -0.485 e. The minimum atomic E-state index is -0.425. The molecule has 0 radical (unpaired) electrons. The van der Waals surface area contributed by atoms with E-state index >= 15 is 0 Å². The van der Waals surface area contributed by atoms with Crippen LogP contribution in [0.3, 0.4) is 0 Å². The molecule has 8 heteroatoms. The van der Waals surface area contributed by atoms with Crippen LogP contribution in [0.1, 0.15) is 11.4 Å². The van der Waals surface area contributed by atoms with Crippen molar-refractivity contribution in [3.8, 4) is 16.5 Å². The highest BCUT2D eigenvalue weighted by Gasteiger charge is 2.12. The number of hydrogen-bond acceptors (Lipinski definition) is 7. The quantitative estimate of drug-likeness (QED) is 0.527. The van der Waals surface area contributed by atoms with Gasteiger partial charge in [0.05, 0.1) is 9.80 Å². The first-order valence-corrected chi connectivity index (χ1v) is 7.26. The topological polar surface area (TPSA) is 91.3 Å². The second-order valence-corrected chi connectivity index (χ2v) is 5.43. The Balaban J connectivity index is 1.68. The highest BCUT2D eigenvalue weighted by atomic mass is 32.1. The highest BCUT2D eigenvalue weighted by Crippen LogP contribution is 2.25. The number of nitrogens with zero attached hydrogens (tertiary/aromatic N) is 3. The fourth-order valence-electron chi connectivity index (χ4n) is 1.88. The normalized spacial score (nSPS) is 10.6. The average Bonchev–Trinajstić information content (AvgIpc) is 3.16. The summed E-state index contributed by atoms with van der Waals surface area (Å²) in [5, 5.41) is 16.5. The predicted octanol–water partition coefficient (Wildman–Crippen LogP) is 3.59. The van der Waals surface area contributed by atoms with E-state index in [-0.39, 0.29) is 12.3 Å². The molecule has 3 aromatic rings. The molecular formula is C14H11N3O4S. The van der Waals surface area contributed by atoms with Crippen molar-refractivity contribution in [3.63, 3.8) is 0 Å². The van der Waals surface area contributed by atoms with E-state index in [0.717, 1.165) is 4.88 Å². The number of ether oxygens (including phenoxy) is 1. The number of benzene rings is 1. The van der Waals surface area contributed by atoms with Gasteiger partial charge >= 0.3 is 0 Å². The Kier molecular flexibility index (Phi) is 3.84. The molecule has 3 rings (SSSR count). The van der Waals surface area contributed by atoms with Gasteiger partial charge < -0.3 is 9.26 Å². The Labute approximate surface area is 129 Å². The fraction of sp³-hybridized carbons (Fsp3) is 0.143. The van der Waals surface area contributed by atoms with Gasteiger partial charge in [0.1, 0.15) is 5.75 Å². The molecule has 0 fully saturated rings. The summed E-state index contributed by atoms with van der Waals surface area (Å²) in [5.41, 5.74) is 0.599. The third-order valence-electron chi connectivity index (χ3n) is 2.93. The molecule has 0 unspecified atom stereocenters. The van der Waals surface area contributed by atoms with Gasteiger partial charge in [0, 0.05) is 11.6 Å². The Morgan fingerprint density at radius 3 is 2.95 bits per heavy atom. The van der Waals surface area contributed by atoms with Crippen molar-refractivity contribution in [2.24, 2.45) is 0 Å². The molecule has 0 N–H and O–H groups in total. The molecule has 22 heavy (non-hydrogen) atoms. The fourth-order valence-corrected chi connectivity index (χ4v) is 2.53. The Bertz CT molecular complexity index is 798. The van der Waals surface area contributed by atoms with Gasteiger partial charge in [-0.1, -0.05) is 11.2 Å². The van der Waals surface area contributed by atoms with E-state index in [1.807, 2.05) is 17.5 Å². The van der Waals surface area contributed by atoms with Gasteiger partial charge in [-0.15, -0.1) is 11.3 Å². The van der Waals surface area contributed by atoms with Crippen LogP contribution in [0.5, 0.6) is 5.75 Å². The van der Waals surface area contributed by atoms with Crippen molar-refractivity contribution >= 4 is 17.0 Å². The molecule has 0 amide bonds. The molecule has 0 saturated heterocycles. The smallest absolute Gasteiger partial charge is 0.272 e. The lowest BCUT2D eigenvalue weighted by atomic mass is 10.2. The maximum Gasteiger partial charge on any atom is 0.272 e. The van der Waals surface area contributed by atoms with Crippen molar-refractivity contribution in [1.82, 2.24) is 10.1 Å². The van der Waals surface area contributed by atoms with Crippen molar-refractivity contribution in [3.05, 3.63) is 57.2 Å². The van der Waals surface area contributed by atoms with Gasteiger partial charge in [-0.25, -0.2) is 0 Å². The Morgan fingerprint density at radius 2 is 2.27 bits per heavy atom. The van der Waals surface area contributed by atoms with Crippen LogP contribution in [0.2, 0.25) is 0 Å². The van der Waals surface area contributed by atoms with E-state index in [0.29, 0.717) is 23.0 Å². The van der Waals surface area contributed by atoms with Gasteiger partial charge in [0.2, 0.25) is 5.82 Å². The second-order valence-electron chi connectivity index (χ2n) is 4.49. The van der Waals surface area contributed by atoms with Gasteiger partial charge in [0.15, 0.2) is 6.61 Å². The van der Waals surface area contributed by atoms with Gasteiger partial charge in [0.25, 0.3) is 11.6 Å². The van der Waals surface area contributed by atoms with E-state index < -0.39 is 4.92 Å². The zero-order chi connectivity index (χ0) is 15.5. The van der Waals surface area contributed by atoms with E-state index in [4.69, 9.17) is 9.26 Å². The van der Waals surface area contributed by atoms with Crippen LogP contribution in [0.25, 0.3) is 10.8 Å². The zero-order valence-corrected chi connectivity index (χ0v) is 12.4. The number of hydrogen-bond donors (Lipinski definition) is 0. The second kappa shape index (κ2) is 5.94. The molecule has 2 aromatic heterocycles. The number of rotatable bonds is 5. The van der Waals surface area contributed by atoms with Crippen molar-refractivity contribution in [2.45, 2.75) is 13.5 Å². The van der Waals surface area contributed by atoms with Gasteiger partial charge in [-0.05, 0) is 30.5 Å². The maximum absolute atomic E-state index is 10.8. The first kappa shape index (κ1) is 14.2. The molecule has 0 aliphatic rings. The van der Waals surface area contributed by atoms with E-state index in [1.54, 1.807) is 19.1 Å². The Morgan fingerprint density at radius 1 is 1.41 bits per heavy atom. The zero-order valence-electron chi connectivity index (χ0n) is 11.6. The third-order valence-corrected chi connectivity index (χ3v) is 3.79. The summed E-state index contributed by atoms with van der Waals surface area (Å²) < 4.78 is 10.7. The van der Waals surface area contributed by atoms with Crippen LogP contribution in [0.15, 0.2) is 40.2 Å². The van der Waals surface area contributed by atoms with Gasteiger partial charge in [-0.2, -0.15) is 4.98 Å². The third kappa shape index (κ3) is 2.96. The number of nitro groups is 1. The van der Waals surface area contributed by atoms with Crippen LogP contribution >= 0.6 is 11.3 Å². The van der Waals surface area contributed by atoms with Crippen molar-refractivity contribution < 1.29 is 14.2 Å². The van der Waals surface area contributed by atoms with Crippen LogP contribution in [0, 0.1) is 17.0 Å². The molecule has 112 valence electrons. The summed E-state index contributed by atoms with van der Waals surface area (Å²) in [6.07, 6.45) is 0. The number of thiophene rings is 1. The summed E-state index contributed by atoms with van der Waals surface area (Å²) in [7, 11) is 0. The van der Waals surface area contributed by atoms with Crippen molar-refractivity contribution in [1.29, 1.82) is 0 Å². The standard InChI is InChI=1S/C14H11N3O4S/c1-9-7-10(4-5-11(9)17(18)19)20-8-13-15-14(21-16-13)12-3-2-6-22-12/h2-7H,8H2,1H3. The predicted molar refractivity (Wildman–Crippen MR) is 79.8 cm³/mol. The van der Waals surface area contributed by atoms with Crippen LogP contribution in [-0.4, -0.2) is 15.1 Å². The summed E-state index contributed by atoms with van der Waals surface area (Å²) in [6.45, 7) is 1.79. The van der Waals surface area contributed by atoms with Crippen LogP contribution in [0.4, 0.5) is 5.69 Å². The highest BCUT2D eigenvalue weighted by molar-refractivity contribution is 7.13. The van der Waals surface area contributed by atoms with Crippen LogP contribution in [-0.2, 0) is 6.61 Å². The summed E-state index contributed by atoms with van der Waals surface area (Å²) in [4.78, 5) is 15.5. The minimum absolute atomic E-state index is 0.0619. The van der Waals surface area contributed by atoms with Crippen molar-refractivity contribution in [2.75, 3.05) is 0 Å². The number of nitro benzene ring substituents is 1. The van der Waals surface area contributed by atoms with E-state index in [1.165, 1.54) is 17.4 Å². The molecule has 7 nitrogen and oxygen atoms in total. The number of aryl methyl sites for hydroxylation is 1. The largest absolute Gasteiger partial charge is 0.485 e. The average molecular weight is 317 g/mol. The molecule has 0 atom stereocenters. The van der Waals surface area contributed by atoms with E-state index in [9.17, 15) is 10.1 Å². The molecule has 0 aliphatic heterocycles. The molecular weight excluding hydrogens is 306 g/mol. The number of aromatic nitrogens is 2. The van der Waals surface area contributed by atoms with Crippen LogP contribution < -0.4 is 4.74 Å². The van der Waals surface area contributed by atoms with E-state index in [2.05, 4.69) is 10.1 Å². The molecule has 0 saturated carbocycles. The van der Waals surface area contributed by atoms with Gasteiger partial charge in [-0.3, -0.25) is 10.1 Å². The Hall–Kier alpha value is -2.74. The molecule has 2 heterocycles. The SMILES string of the molecule is Cc1cc(OCc2noc(-c3cccs3)n2)ccc1[N+](=O)[O-]. The molecule has 0 aliphatic carbocycles. The summed E-state index contributed by atoms with van der Waals surface area (Å²) in [5.74, 6) is 1.39. The molecule has 0 spiro atoms. The lowest BCUT2D eigenvalue weighted by Gasteiger charge is -2.04. The first-order valence-electron chi connectivity index (χ1n) is 6.38. The monoisotopic (exact) mass is 317 g/mol. The lowest BCUT2D eigenvalue weighted by Crippen LogP contribution is -1.98. The maximum atomic E-state index is 10.8. The first-order chi connectivity index (χ1) is 10.6. The molecule has 0 bridgehead atoms. The summed E-state index contributed by atoms with van der Waals surface area (Å²) in [6, 6.07) is 8.37. The lowest BCUT2D eigenvalue weighted by molar-refractivity contribution is -0.385. The summed E-state index contributed by atoms with van der Waals surface area (Å²) >= 11 is 1.51.